The van der Waals surface area contributed by atoms with Gasteiger partial charge in [0, 0.05) is 17.4 Å². The average Bonchev–Trinajstić information content (AvgIpc) is 2.94. The lowest BCUT2D eigenvalue weighted by Gasteiger charge is -2.23. The normalized spacial score (nSPS) is 17.0. The molecule has 2 aliphatic rings. The molecule has 28 heavy (non-hydrogen) atoms. The molecule has 3 heteroatoms. The molecule has 134 valence electrons. The van der Waals surface area contributed by atoms with Gasteiger partial charge < -0.3 is 9.47 Å². The maximum absolute atomic E-state index is 9.19. The van der Waals surface area contributed by atoms with Crippen LogP contribution in [-0.2, 0) is 4.74 Å². The van der Waals surface area contributed by atoms with Crippen molar-refractivity contribution in [1.82, 2.24) is 0 Å². The number of rotatable bonds is 1. The Balaban J connectivity index is 1.77. The summed E-state index contributed by atoms with van der Waals surface area (Å²) in [6.45, 7) is 0.574. The number of benzene rings is 3. The Morgan fingerprint density at radius 2 is 1.75 bits per heavy atom. The van der Waals surface area contributed by atoms with Crippen molar-refractivity contribution in [2.45, 2.75) is 6.42 Å². The first kappa shape index (κ1) is 16.4. The first-order valence-electron chi connectivity index (χ1n) is 9.28. The summed E-state index contributed by atoms with van der Waals surface area (Å²) in [5.74, 6) is 2.16. The zero-order valence-corrected chi connectivity index (χ0v) is 15.2. The van der Waals surface area contributed by atoms with Crippen LogP contribution in [0.2, 0.25) is 0 Å². The Morgan fingerprint density at radius 1 is 0.929 bits per heavy atom. The molecule has 0 N–H and O–H groups in total. The van der Waals surface area contributed by atoms with Gasteiger partial charge >= 0.3 is 0 Å². The largest absolute Gasteiger partial charge is 0.492 e. The Labute approximate surface area is 163 Å². The maximum Gasteiger partial charge on any atom is 0.142 e. The SMILES string of the molecule is N#C/C=C1/C=C(c2ccccc2)C2=C(O1)c1ccc3ccccc3c1OCC2. The van der Waals surface area contributed by atoms with Crippen molar-refractivity contribution >= 4 is 22.1 Å². The monoisotopic (exact) mass is 363 g/mol. The van der Waals surface area contributed by atoms with Gasteiger partial charge in [0.05, 0.1) is 24.3 Å². The second kappa shape index (κ2) is 6.75. The van der Waals surface area contributed by atoms with Crippen LogP contribution in [0, 0.1) is 11.3 Å². The zero-order chi connectivity index (χ0) is 18.9. The quantitative estimate of drug-likeness (QED) is 0.509. The fourth-order valence-electron chi connectivity index (χ4n) is 3.87. The van der Waals surface area contributed by atoms with Crippen LogP contribution in [0.3, 0.4) is 0 Å². The molecule has 0 aliphatic carbocycles. The standard InChI is InChI=1S/C25H17NO2/c26-14-12-19-16-23(17-6-2-1-3-7-17)21-13-15-27-24-20-9-5-4-8-18(20)10-11-22(24)25(21)28-19/h1-12,16H,13,15H2/b19-12-. The first-order valence-corrected chi connectivity index (χ1v) is 9.28. The lowest BCUT2D eigenvalue weighted by Crippen LogP contribution is -2.05. The van der Waals surface area contributed by atoms with Gasteiger partial charge in [0.2, 0.25) is 0 Å². The summed E-state index contributed by atoms with van der Waals surface area (Å²) in [5.41, 5.74) is 4.21. The second-order valence-corrected chi connectivity index (χ2v) is 6.77. The molecule has 0 amide bonds. The fourth-order valence-corrected chi connectivity index (χ4v) is 3.87. The summed E-state index contributed by atoms with van der Waals surface area (Å²) >= 11 is 0. The Kier molecular flexibility index (Phi) is 3.96. The predicted molar refractivity (Wildman–Crippen MR) is 110 cm³/mol. The van der Waals surface area contributed by atoms with E-state index in [1.165, 1.54) is 6.08 Å². The Morgan fingerprint density at radius 3 is 2.61 bits per heavy atom. The molecule has 0 spiro atoms. The van der Waals surface area contributed by atoms with E-state index in [0.29, 0.717) is 12.4 Å². The van der Waals surface area contributed by atoms with Crippen molar-refractivity contribution < 1.29 is 9.47 Å². The summed E-state index contributed by atoms with van der Waals surface area (Å²) in [5, 5.41) is 11.4. The molecule has 3 aromatic rings. The van der Waals surface area contributed by atoms with Gasteiger partial charge in [0.25, 0.3) is 0 Å². The van der Waals surface area contributed by atoms with Crippen LogP contribution in [0.5, 0.6) is 5.75 Å². The number of nitriles is 1. The van der Waals surface area contributed by atoms with Gasteiger partial charge in [-0.1, -0.05) is 60.7 Å². The summed E-state index contributed by atoms with van der Waals surface area (Å²) in [6.07, 6.45) is 4.13. The maximum atomic E-state index is 9.19. The predicted octanol–water partition coefficient (Wildman–Crippen LogP) is 5.85. The minimum absolute atomic E-state index is 0.543. The van der Waals surface area contributed by atoms with E-state index in [4.69, 9.17) is 9.47 Å². The highest BCUT2D eigenvalue weighted by atomic mass is 16.5. The van der Waals surface area contributed by atoms with Crippen LogP contribution >= 0.6 is 0 Å². The molecule has 3 nitrogen and oxygen atoms in total. The van der Waals surface area contributed by atoms with E-state index >= 15 is 0 Å². The number of hydrogen-bond acceptors (Lipinski definition) is 3. The smallest absolute Gasteiger partial charge is 0.142 e. The summed E-state index contributed by atoms with van der Waals surface area (Å²) in [6, 6.07) is 24.6. The molecular formula is C25H17NO2. The van der Waals surface area contributed by atoms with Gasteiger partial charge in [-0.2, -0.15) is 5.26 Å². The van der Waals surface area contributed by atoms with Gasteiger partial charge in [-0.15, -0.1) is 0 Å². The van der Waals surface area contributed by atoms with E-state index in [9.17, 15) is 5.26 Å². The minimum atomic E-state index is 0.543. The topological polar surface area (TPSA) is 42.2 Å². The Hall–Kier alpha value is -3.77. The number of hydrogen-bond donors (Lipinski definition) is 0. The molecule has 2 aliphatic heterocycles. The summed E-state index contributed by atoms with van der Waals surface area (Å²) < 4.78 is 12.4. The second-order valence-electron chi connectivity index (χ2n) is 6.77. The van der Waals surface area contributed by atoms with Crippen LogP contribution in [-0.4, -0.2) is 6.61 Å². The molecule has 0 unspecified atom stereocenters. The Bertz CT molecular complexity index is 1210. The van der Waals surface area contributed by atoms with E-state index in [1.54, 1.807) is 0 Å². The third kappa shape index (κ3) is 2.67. The number of nitrogens with zero attached hydrogens (tertiary/aromatic N) is 1. The van der Waals surface area contributed by atoms with Gasteiger partial charge in [0.1, 0.15) is 17.3 Å². The van der Waals surface area contributed by atoms with Crippen LogP contribution < -0.4 is 4.74 Å². The molecule has 0 saturated heterocycles. The van der Waals surface area contributed by atoms with Crippen molar-refractivity contribution in [1.29, 1.82) is 5.26 Å². The van der Waals surface area contributed by atoms with Crippen molar-refractivity contribution in [3.05, 3.63) is 101 Å². The van der Waals surface area contributed by atoms with Gasteiger partial charge in [-0.25, -0.2) is 0 Å². The van der Waals surface area contributed by atoms with Crippen molar-refractivity contribution in [3.8, 4) is 11.8 Å². The molecule has 0 radical (unpaired) electrons. The summed E-state index contributed by atoms with van der Waals surface area (Å²) in [7, 11) is 0. The average molecular weight is 363 g/mol. The highest BCUT2D eigenvalue weighted by Gasteiger charge is 2.28. The first-order chi connectivity index (χ1) is 13.8. The van der Waals surface area contributed by atoms with Crippen molar-refractivity contribution in [3.63, 3.8) is 0 Å². The van der Waals surface area contributed by atoms with E-state index < -0.39 is 0 Å². The van der Waals surface area contributed by atoms with E-state index in [2.05, 4.69) is 42.5 Å². The lowest BCUT2D eigenvalue weighted by atomic mass is 9.90. The molecule has 0 bridgehead atoms. The van der Waals surface area contributed by atoms with Crippen LogP contribution in [0.1, 0.15) is 17.5 Å². The van der Waals surface area contributed by atoms with E-state index in [0.717, 1.165) is 51.0 Å². The van der Waals surface area contributed by atoms with Crippen molar-refractivity contribution in [2.75, 3.05) is 6.61 Å². The van der Waals surface area contributed by atoms with E-state index in [-0.39, 0.29) is 0 Å². The molecule has 2 heterocycles. The zero-order valence-electron chi connectivity index (χ0n) is 15.2. The third-order valence-corrected chi connectivity index (χ3v) is 5.12. The molecule has 0 saturated carbocycles. The molecule has 0 aromatic heterocycles. The van der Waals surface area contributed by atoms with E-state index in [1.807, 2.05) is 36.4 Å². The van der Waals surface area contributed by atoms with Gasteiger partial charge in [0.15, 0.2) is 0 Å². The third-order valence-electron chi connectivity index (χ3n) is 5.12. The van der Waals surface area contributed by atoms with Crippen LogP contribution in [0.15, 0.2) is 90.2 Å². The molecular weight excluding hydrogens is 346 g/mol. The highest BCUT2D eigenvalue weighted by Crippen LogP contribution is 2.45. The molecule has 0 atom stereocenters. The van der Waals surface area contributed by atoms with Gasteiger partial charge in [-0.3, -0.25) is 0 Å². The lowest BCUT2D eigenvalue weighted by molar-refractivity contribution is 0.329. The minimum Gasteiger partial charge on any atom is -0.492 e. The molecule has 0 fully saturated rings. The van der Waals surface area contributed by atoms with Crippen molar-refractivity contribution in [2.24, 2.45) is 0 Å². The molecule has 5 rings (SSSR count). The number of allylic oxidation sites excluding steroid dienone is 3. The van der Waals surface area contributed by atoms with Gasteiger partial charge in [-0.05, 0) is 28.7 Å². The van der Waals surface area contributed by atoms with Crippen LogP contribution in [0.4, 0.5) is 0 Å². The highest BCUT2D eigenvalue weighted by molar-refractivity contribution is 5.97. The fraction of sp³-hybridized carbons (Fsp3) is 0.0800. The number of ether oxygens (including phenoxy) is 2. The number of fused-ring (bicyclic) bond motifs is 4. The molecule has 3 aromatic carbocycles. The van der Waals surface area contributed by atoms with Crippen LogP contribution in [0.25, 0.3) is 22.1 Å². The summed E-state index contributed by atoms with van der Waals surface area (Å²) in [4.78, 5) is 0.